The number of fused-ring (bicyclic) bond motifs is 1. The number of aromatic nitrogens is 1. The first-order chi connectivity index (χ1) is 20.3. The van der Waals surface area contributed by atoms with Gasteiger partial charge in [-0.1, -0.05) is 59.8 Å². The summed E-state index contributed by atoms with van der Waals surface area (Å²) in [5.74, 6) is -6.04. The lowest BCUT2D eigenvalue weighted by Gasteiger charge is -2.24. The highest BCUT2D eigenvalue weighted by molar-refractivity contribution is 7.99. The number of nitrogens with zero attached hydrogens (tertiary/aromatic N) is 2. The molecule has 0 fully saturated rings. The van der Waals surface area contributed by atoms with E-state index in [1.165, 1.54) is 6.92 Å². The minimum Gasteiger partial charge on any atom is -0.296 e. The third-order valence-electron chi connectivity index (χ3n) is 7.60. The first-order valence-corrected chi connectivity index (χ1v) is 14.0. The van der Waals surface area contributed by atoms with E-state index in [0.29, 0.717) is 12.5 Å². The van der Waals surface area contributed by atoms with Crippen LogP contribution in [-0.4, -0.2) is 10.3 Å². The van der Waals surface area contributed by atoms with Crippen LogP contribution in [0.5, 0.6) is 0 Å². The molecule has 1 aliphatic rings. The second-order valence-corrected chi connectivity index (χ2v) is 11.3. The molecule has 0 N–H and O–H groups in total. The highest BCUT2D eigenvalue weighted by Crippen LogP contribution is 2.46. The van der Waals surface area contributed by atoms with Crippen LogP contribution in [0.4, 0.5) is 30.7 Å². The fraction of sp³-hybridized carbons (Fsp3) is 0.258. The second kappa shape index (κ2) is 11.3. The predicted octanol–water partition coefficient (Wildman–Crippen LogP) is 8.98. The Morgan fingerprint density at radius 1 is 0.930 bits per heavy atom. The molecule has 224 valence electrons. The van der Waals surface area contributed by atoms with E-state index >= 15 is 8.78 Å². The Morgan fingerprint density at radius 2 is 1.58 bits per heavy atom. The number of hydrogen-bond acceptors (Lipinski definition) is 4. The van der Waals surface area contributed by atoms with Gasteiger partial charge in [0, 0.05) is 30.2 Å². The average Bonchev–Trinajstić information content (AvgIpc) is 3.37. The smallest absolute Gasteiger partial charge is 0.296 e. The lowest BCUT2D eigenvalue weighted by molar-refractivity contribution is -0.138. The Kier molecular flexibility index (Phi) is 8.02. The van der Waals surface area contributed by atoms with Gasteiger partial charge in [-0.2, -0.15) is 18.1 Å². The van der Waals surface area contributed by atoms with E-state index in [4.69, 9.17) is 0 Å². The van der Waals surface area contributed by atoms with Crippen molar-refractivity contribution in [2.75, 3.05) is 5.75 Å². The third kappa shape index (κ3) is 5.48. The van der Waals surface area contributed by atoms with Crippen LogP contribution < -0.4 is 5.56 Å². The fourth-order valence-electron chi connectivity index (χ4n) is 5.53. The first kappa shape index (κ1) is 30.5. The molecule has 4 aromatic rings. The number of nitroso groups, excluding NO2 is 1. The Labute approximate surface area is 245 Å². The molecule has 0 spiro atoms. The number of thioether (sulfide) groups is 1. The maximum atomic E-state index is 15.7. The van der Waals surface area contributed by atoms with E-state index in [9.17, 15) is 31.7 Å². The highest BCUT2D eigenvalue weighted by atomic mass is 32.2. The standard InChI is InChI=1S/C31H23F7N2O2S/c1-16-19(14-20-21(31(36,37)38)11-7-13-23(20)32)29-40(24(15-43-29)27(39-42)17-8-4-3-5-9-17)28(41)25(16)18-10-6-12-22(26(18)33)30(2,34)35/h3-13,24,27H,14-15H2,1-2H3. The monoisotopic (exact) mass is 620 g/mol. The molecule has 12 heteroatoms. The van der Waals surface area contributed by atoms with E-state index in [2.05, 4.69) is 5.18 Å². The Morgan fingerprint density at radius 3 is 2.21 bits per heavy atom. The molecule has 0 bridgehead atoms. The summed E-state index contributed by atoms with van der Waals surface area (Å²) in [5, 5.41) is 3.40. The molecule has 1 aliphatic heterocycles. The van der Waals surface area contributed by atoms with Crippen LogP contribution in [-0.2, 0) is 18.5 Å². The SMILES string of the molecule is Cc1c(Cc2c(F)cccc2C(F)(F)F)c2n(c(=O)c1-c1cccc(C(C)(F)F)c1F)C(C(N=O)c1ccccc1)CS2. The van der Waals surface area contributed by atoms with Crippen LogP contribution in [0.2, 0.25) is 0 Å². The van der Waals surface area contributed by atoms with Crippen molar-refractivity contribution in [2.45, 2.75) is 49.5 Å². The van der Waals surface area contributed by atoms with E-state index in [1.807, 2.05) is 0 Å². The molecule has 2 unspecified atom stereocenters. The maximum Gasteiger partial charge on any atom is 0.416 e. The van der Waals surface area contributed by atoms with E-state index in [-0.39, 0.29) is 27.5 Å². The summed E-state index contributed by atoms with van der Waals surface area (Å²) in [6.45, 7) is 1.85. The Balaban J connectivity index is 1.82. The van der Waals surface area contributed by atoms with Crippen LogP contribution in [0.3, 0.4) is 0 Å². The predicted molar refractivity (Wildman–Crippen MR) is 149 cm³/mol. The molecule has 3 aromatic carbocycles. The minimum atomic E-state index is -4.91. The zero-order valence-corrected chi connectivity index (χ0v) is 23.5. The van der Waals surface area contributed by atoms with E-state index in [0.717, 1.165) is 52.7 Å². The molecule has 5 rings (SSSR count). The van der Waals surface area contributed by atoms with Crippen molar-refractivity contribution >= 4 is 11.8 Å². The number of benzene rings is 3. The maximum absolute atomic E-state index is 15.7. The molecule has 0 radical (unpaired) electrons. The van der Waals surface area contributed by atoms with Crippen LogP contribution in [0.1, 0.15) is 52.4 Å². The lowest BCUT2D eigenvalue weighted by atomic mass is 9.91. The van der Waals surface area contributed by atoms with Gasteiger partial charge in [0.15, 0.2) is 0 Å². The van der Waals surface area contributed by atoms with Gasteiger partial charge in [-0.25, -0.2) is 17.6 Å². The third-order valence-corrected chi connectivity index (χ3v) is 8.82. The minimum absolute atomic E-state index is 0.00608. The van der Waals surface area contributed by atoms with Crippen molar-refractivity contribution in [3.05, 3.63) is 127 Å². The molecule has 0 saturated carbocycles. The van der Waals surface area contributed by atoms with Gasteiger partial charge in [0.05, 0.1) is 27.8 Å². The van der Waals surface area contributed by atoms with E-state index in [1.54, 1.807) is 30.3 Å². The van der Waals surface area contributed by atoms with Gasteiger partial charge in [-0.3, -0.25) is 9.36 Å². The van der Waals surface area contributed by atoms with Gasteiger partial charge in [0.1, 0.15) is 17.7 Å². The molecular formula is C31H23F7N2O2S. The largest absolute Gasteiger partial charge is 0.416 e. The molecule has 43 heavy (non-hydrogen) atoms. The first-order valence-electron chi connectivity index (χ1n) is 13.1. The van der Waals surface area contributed by atoms with Crippen molar-refractivity contribution in [1.29, 1.82) is 0 Å². The van der Waals surface area contributed by atoms with Gasteiger partial charge in [-0.15, -0.1) is 11.8 Å². The normalized spacial score (nSPS) is 15.8. The van der Waals surface area contributed by atoms with Crippen molar-refractivity contribution in [3.63, 3.8) is 0 Å². The topological polar surface area (TPSA) is 51.4 Å². The van der Waals surface area contributed by atoms with Crippen molar-refractivity contribution in [3.8, 4) is 11.1 Å². The Bertz CT molecular complexity index is 1770. The summed E-state index contributed by atoms with van der Waals surface area (Å²) in [6.07, 6.45) is -5.56. The number of halogens is 7. The van der Waals surface area contributed by atoms with Crippen LogP contribution in [0.25, 0.3) is 11.1 Å². The second-order valence-electron chi connectivity index (χ2n) is 10.3. The number of hydrogen-bond donors (Lipinski definition) is 0. The van der Waals surface area contributed by atoms with Crippen molar-refractivity contribution in [2.24, 2.45) is 5.18 Å². The van der Waals surface area contributed by atoms with Crippen molar-refractivity contribution in [1.82, 2.24) is 4.57 Å². The van der Waals surface area contributed by atoms with Crippen LogP contribution >= 0.6 is 11.8 Å². The zero-order chi connectivity index (χ0) is 31.3. The van der Waals surface area contributed by atoms with Gasteiger partial charge < -0.3 is 0 Å². The van der Waals surface area contributed by atoms with Gasteiger partial charge >= 0.3 is 6.18 Å². The summed E-state index contributed by atoms with van der Waals surface area (Å²) in [4.78, 5) is 26.3. The molecular weight excluding hydrogens is 597 g/mol. The average molecular weight is 621 g/mol. The van der Waals surface area contributed by atoms with E-state index < -0.39 is 70.1 Å². The summed E-state index contributed by atoms with van der Waals surface area (Å²) in [6, 6.07) is 11.9. The summed E-state index contributed by atoms with van der Waals surface area (Å²) < 4.78 is 102. The zero-order valence-electron chi connectivity index (χ0n) is 22.7. The highest BCUT2D eigenvalue weighted by Gasteiger charge is 2.39. The van der Waals surface area contributed by atoms with Gasteiger partial charge in [0.2, 0.25) is 0 Å². The molecule has 2 atom stereocenters. The number of pyridine rings is 1. The Hall–Kier alpha value is -3.93. The quantitative estimate of drug-likeness (QED) is 0.153. The molecule has 0 saturated heterocycles. The molecule has 4 nitrogen and oxygen atoms in total. The van der Waals surface area contributed by atoms with Crippen LogP contribution in [0.15, 0.2) is 81.7 Å². The van der Waals surface area contributed by atoms with Gasteiger partial charge in [-0.05, 0) is 35.7 Å². The summed E-state index contributed by atoms with van der Waals surface area (Å²) >= 11 is 1.07. The van der Waals surface area contributed by atoms with Crippen LogP contribution in [0, 0.1) is 23.5 Å². The lowest BCUT2D eigenvalue weighted by Crippen LogP contribution is -2.30. The number of rotatable bonds is 7. The summed E-state index contributed by atoms with van der Waals surface area (Å²) in [5.41, 5.74) is -4.08. The van der Waals surface area contributed by atoms with Crippen molar-refractivity contribution < 1.29 is 30.7 Å². The molecule has 1 aromatic heterocycles. The molecule has 0 aliphatic carbocycles. The molecule has 0 amide bonds. The molecule has 2 heterocycles. The van der Waals surface area contributed by atoms with Gasteiger partial charge in [0.25, 0.3) is 11.5 Å². The number of alkyl halides is 5. The summed E-state index contributed by atoms with van der Waals surface area (Å²) in [7, 11) is 0. The fourth-order valence-corrected chi connectivity index (χ4v) is 6.95.